The van der Waals surface area contributed by atoms with Gasteiger partial charge in [0.1, 0.15) is 12.4 Å². The van der Waals surface area contributed by atoms with E-state index >= 15 is 0 Å². The Hall–Kier alpha value is -4.02. The largest absolute Gasteiger partial charge is 0.492 e. The first-order valence-electron chi connectivity index (χ1n) is 11.9. The van der Waals surface area contributed by atoms with Crippen molar-refractivity contribution < 1.29 is 14.6 Å². The van der Waals surface area contributed by atoms with Crippen LogP contribution in [-0.4, -0.2) is 22.2 Å². The minimum Gasteiger partial charge on any atom is -0.492 e. The number of ether oxygens (including phenoxy) is 1. The normalized spacial score (nSPS) is 11.2. The van der Waals surface area contributed by atoms with Gasteiger partial charge in [0.25, 0.3) is 0 Å². The van der Waals surface area contributed by atoms with E-state index in [0.717, 1.165) is 16.6 Å². The minimum absolute atomic E-state index is 0.0547. The second kappa shape index (κ2) is 10.3. The highest BCUT2D eigenvalue weighted by molar-refractivity contribution is 6.31. The second-order valence-electron chi connectivity index (χ2n) is 8.74. The number of nitrogens with zero attached hydrogens (tertiary/aromatic N) is 1. The average Bonchev–Trinajstić information content (AvgIpc) is 3.16. The number of fused-ring (bicyclic) bond motifs is 1. The maximum absolute atomic E-state index is 11.1. The molecule has 0 aliphatic carbocycles. The standard InChI is InChI=1S/C31H26ClNO3/c1-21-29(30(22-8-4-2-5-9-22)23-10-6-3-7-11-23)27-20-25(32)14-17-28(27)33(21)18-19-36-26-15-12-24(13-16-26)31(34)35/h2-17,20,30H,18-19H2,1H3,(H,34,35). The summed E-state index contributed by atoms with van der Waals surface area (Å²) in [7, 11) is 0. The van der Waals surface area contributed by atoms with Crippen molar-refractivity contribution in [3.63, 3.8) is 0 Å². The first kappa shape index (κ1) is 23.7. The fourth-order valence-electron chi connectivity index (χ4n) is 4.90. The van der Waals surface area contributed by atoms with Crippen molar-refractivity contribution in [2.45, 2.75) is 19.4 Å². The molecule has 0 aliphatic rings. The molecule has 4 aromatic carbocycles. The van der Waals surface area contributed by atoms with Crippen molar-refractivity contribution in [2.75, 3.05) is 6.61 Å². The van der Waals surface area contributed by atoms with Gasteiger partial charge in [-0.1, -0.05) is 72.3 Å². The van der Waals surface area contributed by atoms with Gasteiger partial charge in [0.15, 0.2) is 0 Å². The third-order valence-electron chi connectivity index (χ3n) is 6.57. The van der Waals surface area contributed by atoms with E-state index in [0.29, 0.717) is 23.9 Å². The Morgan fingerprint density at radius 1 is 0.889 bits per heavy atom. The highest BCUT2D eigenvalue weighted by atomic mass is 35.5. The van der Waals surface area contributed by atoms with Crippen LogP contribution in [0.1, 0.15) is 38.7 Å². The first-order valence-corrected chi connectivity index (χ1v) is 12.2. The second-order valence-corrected chi connectivity index (χ2v) is 9.18. The van der Waals surface area contributed by atoms with Crippen LogP contribution in [0.2, 0.25) is 5.02 Å². The molecule has 1 N–H and O–H groups in total. The van der Waals surface area contributed by atoms with Crippen molar-refractivity contribution in [1.82, 2.24) is 4.57 Å². The zero-order chi connectivity index (χ0) is 25.1. The lowest BCUT2D eigenvalue weighted by atomic mass is 9.84. The van der Waals surface area contributed by atoms with Gasteiger partial charge in [0, 0.05) is 27.5 Å². The molecule has 5 heteroatoms. The molecule has 0 spiro atoms. The molecule has 36 heavy (non-hydrogen) atoms. The summed E-state index contributed by atoms with van der Waals surface area (Å²) in [6.45, 7) is 3.24. The Morgan fingerprint density at radius 2 is 1.50 bits per heavy atom. The van der Waals surface area contributed by atoms with Crippen LogP contribution in [0, 0.1) is 6.92 Å². The van der Waals surface area contributed by atoms with Crippen LogP contribution in [0.25, 0.3) is 10.9 Å². The van der Waals surface area contributed by atoms with Gasteiger partial charge in [0.2, 0.25) is 0 Å². The van der Waals surface area contributed by atoms with Crippen LogP contribution >= 0.6 is 11.6 Å². The lowest BCUT2D eigenvalue weighted by Gasteiger charge is -2.20. The van der Waals surface area contributed by atoms with Crippen LogP contribution < -0.4 is 4.74 Å². The molecule has 0 saturated heterocycles. The highest BCUT2D eigenvalue weighted by Crippen LogP contribution is 2.40. The van der Waals surface area contributed by atoms with Crippen LogP contribution in [0.5, 0.6) is 5.75 Å². The molecule has 0 aliphatic heterocycles. The van der Waals surface area contributed by atoms with E-state index < -0.39 is 5.97 Å². The monoisotopic (exact) mass is 495 g/mol. The average molecular weight is 496 g/mol. The molecule has 1 heterocycles. The molecular formula is C31H26ClNO3. The van der Waals surface area contributed by atoms with Gasteiger partial charge in [-0.15, -0.1) is 0 Å². The Kier molecular flexibility index (Phi) is 6.79. The zero-order valence-electron chi connectivity index (χ0n) is 19.9. The molecule has 0 bridgehead atoms. The number of aromatic carboxylic acids is 1. The fraction of sp³-hybridized carbons (Fsp3) is 0.129. The first-order chi connectivity index (χ1) is 17.5. The van der Waals surface area contributed by atoms with Gasteiger partial charge in [-0.05, 0) is 66.1 Å². The van der Waals surface area contributed by atoms with E-state index in [1.54, 1.807) is 24.3 Å². The van der Waals surface area contributed by atoms with E-state index in [1.807, 2.05) is 18.2 Å². The van der Waals surface area contributed by atoms with E-state index in [-0.39, 0.29) is 11.5 Å². The number of carbonyl (C=O) groups is 1. The van der Waals surface area contributed by atoms with Crippen LogP contribution in [0.15, 0.2) is 103 Å². The number of hydrogen-bond donors (Lipinski definition) is 1. The van der Waals surface area contributed by atoms with Gasteiger partial charge in [-0.25, -0.2) is 4.79 Å². The highest BCUT2D eigenvalue weighted by Gasteiger charge is 2.25. The quantitative estimate of drug-likeness (QED) is 0.241. The molecule has 0 saturated carbocycles. The van der Waals surface area contributed by atoms with Crippen molar-refractivity contribution in [1.29, 1.82) is 0 Å². The summed E-state index contributed by atoms with van der Waals surface area (Å²) in [5, 5.41) is 10.9. The Morgan fingerprint density at radius 3 is 2.08 bits per heavy atom. The number of carboxylic acids is 1. The number of benzene rings is 4. The molecule has 0 atom stereocenters. The van der Waals surface area contributed by atoms with Crippen molar-refractivity contribution in [2.24, 2.45) is 0 Å². The summed E-state index contributed by atoms with van der Waals surface area (Å²) < 4.78 is 8.25. The number of hydrogen-bond acceptors (Lipinski definition) is 2. The zero-order valence-corrected chi connectivity index (χ0v) is 20.7. The van der Waals surface area contributed by atoms with Gasteiger partial charge >= 0.3 is 5.97 Å². The molecule has 180 valence electrons. The van der Waals surface area contributed by atoms with Crippen molar-refractivity contribution in [3.05, 3.63) is 136 Å². The molecule has 0 unspecified atom stereocenters. The summed E-state index contributed by atoms with van der Waals surface area (Å²) in [5.74, 6) is -0.253. The molecule has 0 radical (unpaired) electrons. The molecular weight excluding hydrogens is 470 g/mol. The smallest absolute Gasteiger partial charge is 0.335 e. The van der Waals surface area contributed by atoms with E-state index in [2.05, 4.69) is 72.2 Å². The number of aromatic nitrogens is 1. The van der Waals surface area contributed by atoms with Crippen molar-refractivity contribution >= 4 is 28.5 Å². The lowest BCUT2D eigenvalue weighted by molar-refractivity contribution is 0.0697. The van der Waals surface area contributed by atoms with Gasteiger partial charge in [0.05, 0.1) is 12.1 Å². The summed E-state index contributed by atoms with van der Waals surface area (Å²) in [6, 6.07) is 33.6. The molecule has 4 nitrogen and oxygen atoms in total. The minimum atomic E-state index is -0.950. The third-order valence-corrected chi connectivity index (χ3v) is 6.81. The van der Waals surface area contributed by atoms with Crippen LogP contribution in [-0.2, 0) is 6.54 Å². The summed E-state index contributed by atoms with van der Waals surface area (Å²) >= 11 is 6.49. The number of rotatable bonds is 8. The topological polar surface area (TPSA) is 51.5 Å². The van der Waals surface area contributed by atoms with Gasteiger partial charge in [-0.2, -0.15) is 0 Å². The Balaban J connectivity index is 1.54. The van der Waals surface area contributed by atoms with E-state index in [1.165, 1.54) is 16.7 Å². The molecule has 1 aromatic heterocycles. The van der Waals surface area contributed by atoms with Crippen LogP contribution in [0.4, 0.5) is 0 Å². The maximum atomic E-state index is 11.1. The van der Waals surface area contributed by atoms with E-state index in [4.69, 9.17) is 21.4 Å². The predicted molar refractivity (Wildman–Crippen MR) is 144 cm³/mol. The molecule has 5 aromatic rings. The lowest BCUT2D eigenvalue weighted by Crippen LogP contribution is -2.11. The Bertz CT molecular complexity index is 1450. The molecule has 0 fully saturated rings. The van der Waals surface area contributed by atoms with Gasteiger partial charge < -0.3 is 14.4 Å². The fourth-order valence-corrected chi connectivity index (χ4v) is 5.07. The summed E-state index contributed by atoms with van der Waals surface area (Å²) in [4.78, 5) is 11.1. The number of carboxylic acid groups (broad SMARTS) is 1. The summed E-state index contributed by atoms with van der Waals surface area (Å²) in [5.41, 5.74) is 6.18. The van der Waals surface area contributed by atoms with Crippen LogP contribution in [0.3, 0.4) is 0 Å². The number of halogens is 1. The van der Waals surface area contributed by atoms with Crippen molar-refractivity contribution in [3.8, 4) is 5.75 Å². The Labute approximate surface area is 215 Å². The predicted octanol–water partition coefficient (Wildman–Crippen LogP) is 7.56. The van der Waals surface area contributed by atoms with E-state index in [9.17, 15) is 4.79 Å². The maximum Gasteiger partial charge on any atom is 0.335 e. The third kappa shape index (κ3) is 4.73. The SMILES string of the molecule is Cc1c(C(c2ccccc2)c2ccccc2)c2cc(Cl)ccc2n1CCOc1ccc(C(=O)O)cc1. The summed E-state index contributed by atoms with van der Waals surface area (Å²) in [6.07, 6.45) is 0. The van der Waals surface area contributed by atoms with Gasteiger partial charge in [-0.3, -0.25) is 0 Å². The molecule has 5 rings (SSSR count). The molecule has 0 amide bonds.